The van der Waals surface area contributed by atoms with Crippen molar-refractivity contribution in [2.75, 3.05) is 6.61 Å². The van der Waals surface area contributed by atoms with Gasteiger partial charge < -0.3 is 9.67 Å². The SMILES string of the molecule is Cc1ccc(-c2cn3c(-c4ccccc4)c(-c4ccccc4)nc3n2CCO)cc1. The van der Waals surface area contributed by atoms with E-state index >= 15 is 0 Å². The smallest absolute Gasteiger partial charge is 0.215 e. The fourth-order valence-electron chi connectivity index (χ4n) is 3.98. The Bertz CT molecular complexity index is 1280. The molecule has 0 amide bonds. The zero-order valence-corrected chi connectivity index (χ0v) is 16.9. The summed E-state index contributed by atoms with van der Waals surface area (Å²) < 4.78 is 4.26. The molecule has 0 aliphatic carbocycles. The molecule has 0 spiro atoms. The van der Waals surface area contributed by atoms with E-state index in [2.05, 4.69) is 82.8 Å². The van der Waals surface area contributed by atoms with Gasteiger partial charge >= 0.3 is 0 Å². The maximum Gasteiger partial charge on any atom is 0.215 e. The van der Waals surface area contributed by atoms with Crippen LogP contribution in [0, 0.1) is 6.92 Å². The molecular weight excluding hydrogens is 370 g/mol. The molecule has 3 aromatic carbocycles. The number of fused-ring (bicyclic) bond motifs is 1. The predicted molar refractivity (Wildman–Crippen MR) is 121 cm³/mol. The van der Waals surface area contributed by atoms with Crippen LogP contribution in [-0.4, -0.2) is 25.7 Å². The van der Waals surface area contributed by atoms with Crippen LogP contribution < -0.4 is 0 Å². The molecule has 2 heterocycles. The third kappa shape index (κ3) is 3.11. The van der Waals surface area contributed by atoms with Gasteiger partial charge in [0.2, 0.25) is 5.78 Å². The zero-order valence-electron chi connectivity index (χ0n) is 16.9. The lowest BCUT2D eigenvalue weighted by molar-refractivity contribution is 0.278. The Morgan fingerprint density at radius 2 is 1.40 bits per heavy atom. The highest BCUT2D eigenvalue weighted by atomic mass is 16.3. The minimum absolute atomic E-state index is 0.0530. The minimum Gasteiger partial charge on any atom is -0.395 e. The quantitative estimate of drug-likeness (QED) is 0.432. The molecule has 4 heteroatoms. The molecule has 1 N–H and O–H groups in total. The third-order valence-electron chi connectivity index (χ3n) is 5.44. The van der Waals surface area contributed by atoms with Gasteiger partial charge in [-0.1, -0.05) is 90.5 Å². The van der Waals surface area contributed by atoms with Crippen molar-refractivity contribution >= 4 is 5.78 Å². The largest absolute Gasteiger partial charge is 0.395 e. The van der Waals surface area contributed by atoms with Gasteiger partial charge in [-0.05, 0) is 12.5 Å². The van der Waals surface area contributed by atoms with Crippen LogP contribution in [0.4, 0.5) is 0 Å². The lowest BCUT2D eigenvalue weighted by atomic mass is 10.0. The molecule has 5 rings (SSSR count). The Morgan fingerprint density at radius 3 is 2.03 bits per heavy atom. The standard InChI is InChI=1S/C26H23N3O/c1-19-12-14-20(15-13-19)23-18-29-25(22-10-6-3-7-11-22)24(21-8-4-2-5-9-21)27-26(29)28(23)16-17-30/h2-15,18,30H,16-17H2,1H3. The summed E-state index contributed by atoms with van der Waals surface area (Å²) in [6, 6.07) is 29.1. The summed E-state index contributed by atoms with van der Waals surface area (Å²) in [5.41, 5.74) is 7.57. The molecule has 0 aliphatic heterocycles. The average molecular weight is 393 g/mol. The van der Waals surface area contributed by atoms with Crippen LogP contribution >= 0.6 is 0 Å². The van der Waals surface area contributed by atoms with E-state index in [1.54, 1.807) is 0 Å². The second-order valence-corrected chi connectivity index (χ2v) is 7.47. The van der Waals surface area contributed by atoms with Gasteiger partial charge in [-0.25, -0.2) is 4.98 Å². The molecule has 4 nitrogen and oxygen atoms in total. The molecule has 0 fully saturated rings. The lowest BCUT2D eigenvalue weighted by Crippen LogP contribution is -2.04. The summed E-state index contributed by atoms with van der Waals surface area (Å²) in [7, 11) is 0. The van der Waals surface area contributed by atoms with Crippen LogP contribution in [0.3, 0.4) is 0 Å². The van der Waals surface area contributed by atoms with Crippen LogP contribution in [0.5, 0.6) is 0 Å². The van der Waals surface area contributed by atoms with Crippen molar-refractivity contribution in [3.63, 3.8) is 0 Å². The monoisotopic (exact) mass is 393 g/mol. The van der Waals surface area contributed by atoms with Gasteiger partial charge in [0.25, 0.3) is 0 Å². The van der Waals surface area contributed by atoms with Crippen molar-refractivity contribution in [3.8, 4) is 33.8 Å². The fourth-order valence-corrected chi connectivity index (χ4v) is 3.98. The van der Waals surface area contributed by atoms with Crippen LogP contribution in [-0.2, 0) is 6.54 Å². The summed E-state index contributed by atoms with van der Waals surface area (Å²) in [5.74, 6) is 0.831. The number of aliphatic hydroxyl groups excluding tert-OH is 1. The molecule has 0 aliphatic rings. The third-order valence-corrected chi connectivity index (χ3v) is 5.44. The number of aromatic nitrogens is 3. The Morgan fingerprint density at radius 1 is 0.767 bits per heavy atom. The first kappa shape index (κ1) is 18.4. The molecule has 0 unspecified atom stereocenters. The van der Waals surface area contributed by atoms with Gasteiger partial charge in [-0.15, -0.1) is 0 Å². The van der Waals surface area contributed by atoms with Gasteiger partial charge in [0.05, 0.1) is 23.7 Å². The zero-order chi connectivity index (χ0) is 20.5. The van der Waals surface area contributed by atoms with E-state index in [9.17, 15) is 5.11 Å². The highest BCUT2D eigenvalue weighted by Crippen LogP contribution is 2.35. The molecule has 0 bridgehead atoms. The van der Waals surface area contributed by atoms with E-state index in [0.717, 1.165) is 39.5 Å². The van der Waals surface area contributed by atoms with Crippen LogP contribution in [0.2, 0.25) is 0 Å². The maximum absolute atomic E-state index is 9.77. The predicted octanol–water partition coefficient (Wildman–Crippen LogP) is 5.44. The molecule has 30 heavy (non-hydrogen) atoms. The molecule has 148 valence electrons. The fraction of sp³-hybridized carbons (Fsp3) is 0.115. The Balaban J connectivity index is 1.81. The lowest BCUT2D eigenvalue weighted by Gasteiger charge is -2.08. The molecule has 2 aromatic heterocycles. The van der Waals surface area contributed by atoms with Gasteiger partial charge in [-0.2, -0.15) is 0 Å². The van der Waals surface area contributed by atoms with Crippen molar-refractivity contribution in [2.24, 2.45) is 0 Å². The number of aryl methyl sites for hydroxylation is 1. The summed E-state index contributed by atoms with van der Waals surface area (Å²) in [6.45, 7) is 2.62. The first-order valence-corrected chi connectivity index (χ1v) is 10.2. The normalized spacial score (nSPS) is 11.3. The van der Waals surface area contributed by atoms with E-state index in [0.29, 0.717) is 6.54 Å². The van der Waals surface area contributed by atoms with Crippen LogP contribution in [0.25, 0.3) is 39.5 Å². The van der Waals surface area contributed by atoms with Crippen molar-refractivity contribution in [3.05, 3.63) is 96.7 Å². The van der Waals surface area contributed by atoms with E-state index < -0.39 is 0 Å². The molecule has 0 saturated carbocycles. The molecule has 0 saturated heterocycles. The van der Waals surface area contributed by atoms with Crippen LogP contribution in [0.1, 0.15) is 5.56 Å². The van der Waals surface area contributed by atoms with E-state index in [1.807, 2.05) is 24.3 Å². The minimum atomic E-state index is 0.0530. The topological polar surface area (TPSA) is 42.5 Å². The number of benzene rings is 3. The number of hydrogen-bond acceptors (Lipinski definition) is 2. The summed E-state index contributed by atoms with van der Waals surface area (Å²) in [5, 5.41) is 9.77. The van der Waals surface area contributed by atoms with E-state index in [4.69, 9.17) is 4.98 Å². The Hall–Kier alpha value is -3.63. The number of nitrogens with zero attached hydrogens (tertiary/aromatic N) is 3. The highest BCUT2D eigenvalue weighted by Gasteiger charge is 2.21. The number of rotatable bonds is 5. The first-order chi connectivity index (χ1) is 14.8. The second-order valence-electron chi connectivity index (χ2n) is 7.47. The molecule has 5 aromatic rings. The Kier molecular flexibility index (Phi) is 4.69. The Labute approximate surface area is 175 Å². The van der Waals surface area contributed by atoms with Gasteiger partial charge in [-0.3, -0.25) is 4.40 Å². The average Bonchev–Trinajstić information content (AvgIpc) is 3.33. The first-order valence-electron chi connectivity index (χ1n) is 10.2. The molecular formula is C26H23N3O. The van der Waals surface area contributed by atoms with Crippen molar-refractivity contribution < 1.29 is 5.11 Å². The van der Waals surface area contributed by atoms with Gasteiger partial charge in [0, 0.05) is 23.9 Å². The second kappa shape index (κ2) is 7.65. The van der Waals surface area contributed by atoms with Crippen molar-refractivity contribution in [1.82, 2.24) is 14.0 Å². The maximum atomic E-state index is 9.77. The van der Waals surface area contributed by atoms with Gasteiger partial charge in [0.1, 0.15) is 0 Å². The molecule has 0 atom stereocenters. The van der Waals surface area contributed by atoms with Crippen molar-refractivity contribution in [1.29, 1.82) is 0 Å². The summed E-state index contributed by atoms with van der Waals surface area (Å²) in [6.07, 6.45) is 2.14. The van der Waals surface area contributed by atoms with Crippen LogP contribution in [0.15, 0.2) is 91.1 Å². The number of hydrogen-bond donors (Lipinski definition) is 1. The van der Waals surface area contributed by atoms with E-state index in [-0.39, 0.29) is 6.61 Å². The number of imidazole rings is 2. The van der Waals surface area contributed by atoms with E-state index in [1.165, 1.54) is 5.56 Å². The summed E-state index contributed by atoms with van der Waals surface area (Å²) >= 11 is 0. The highest BCUT2D eigenvalue weighted by molar-refractivity contribution is 5.82. The number of aliphatic hydroxyl groups is 1. The summed E-state index contributed by atoms with van der Waals surface area (Å²) in [4.78, 5) is 5.06. The van der Waals surface area contributed by atoms with Gasteiger partial charge in [0.15, 0.2) is 0 Å². The molecule has 0 radical (unpaired) electrons. The van der Waals surface area contributed by atoms with Crippen molar-refractivity contribution in [2.45, 2.75) is 13.5 Å².